The number of nitro benzene ring substituents is 1. The third-order valence-corrected chi connectivity index (χ3v) is 3.12. The van der Waals surface area contributed by atoms with Gasteiger partial charge in [-0.15, -0.1) is 0 Å². The van der Waals surface area contributed by atoms with Crippen LogP contribution in [-0.4, -0.2) is 12.0 Å². The summed E-state index contributed by atoms with van der Waals surface area (Å²) in [6, 6.07) is 12.0. The molecular formula is C15H15ClN2O3. The quantitative estimate of drug-likeness (QED) is 0.655. The first-order chi connectivity index (χ1) is 10.1. The zero-order chi connectivity index (χ0) is 15.2. The lowest BCUT2D eigenvalue weighted by Gasteiger charge is -2.09. The highest BCUT2D eigenvalue weighted by molar-refractivity contribution is 6.30. The van der Waals surface area contributed by atoms with Gasteiger partial charge < -0.3 is 10.1 Å². The molecule has 0 spiro atoms. The molecule has 0 bridgehead atoms. The minimum absolute atomic E-state index is 0.0446. The first kappa shape index (κ1) is 15.3. The highest BCUT2D eigenvalue weighted by Crippen LogP contribution is 2.29. The molecule has 0 aliphatic carbocycles. The fourth-order valence-electron chi connectivity index (χ4n) is 1.93. The molecule has 5 nitrogen and oxygen atoms in total. The number of rotatable bonds is 6. The third kappa shape index (κ3) is 4.18. The number of nitrogens with zero attached hydrogens (tertiary/aromatic N) is 1. The van der Waals surface area contributed by atoms with Crippen LogP contribution < -0.4 is 10.1 Å². The SMILES string of the molecule is CNCc1ccc([N+](=O)[O-])c(OCc2cccc(Cl)c2)c1. The molecule has 21 heavy (non-hydrogen) atoms. The zero-order valence-corrected chi connectivity index (χ0v) is 12.3. The molecule has 2 aromatic rings. The van der Waals surface area contributed by atoms with E-state index in [1.807, 2.05) is 19.2 Å². The molecule has 0 atom stereocenters. The Morgan fingerprint density at radius 3 is 2.71 bits per heavy atom. The van der Waals surface area contributed by atoms with Crippen LogP contribution in [0.25, 0.3) is 0 Å². The van der Waals surface area contributed by atoms with Crippen molar-refractivity contribution in [3.05, 3.63) is 68.7 Å². The Labute approximate surface area is 127 Å². The van der Waals surface area contributed by atoms with E-state index >= 15 is 0 Å². The van der Waals surface area contributed by atoms with E-state index < -0.39 is 4.92 Å². The molecule has 0 saturated heterocycles. The molecule has 0 amide bonds. The largest absolute Gasteiger partial charge is 0.482 e. The Morgan fingerprint density at radius 2 is 2.05 bits per heavy atom. The number of nitrogens with one attached hydrogen (secondary N) is 1. The van der Waals surface area contributed by atoms with Crippen molar-refractivity contribution < 1.29 is 9.66 Å². The Bertz CT molecular complexity index is 647. The van der Waals surface area contributed by atoms with Gasteiger partial charge in [-0.3, -0.25) is 10.1 Å². The summed E-state index contributed by atoms with van der Waals surface area (Å²) >= 11 is 5.90. The van der Waals surface area contributed by atoms with E-state index in [4.69, 9.17) is 16.3 Å². The normalized spacial score (nSPS) is 10.4. The minimum atomic E-state index is -0.448. The average molecular weight is 307 g/mol. The predicted octanol–water partition coefficient (Wildman–Crippen LogP) is 3.55. The molecule has 0 aliphatic heterocycles. The summed E-state index contributed by atoms with van der Waals surface area (Å²) in [6.07, 6.45) is 0. The van der Waals surface area contributed by atoms with Crippen molar-refractivity contribution in [3.8, 4) is 5.75 Å². The number of hydrogen-bond acceptors (Lipinski definition) is 4. The highest BCUT2D eigenvalue weighted by atomic mass is 35.5. The molecule has 110 valence electrons. The van der Waals surface area contributed by atoms with Crippen LogP contribution in [-0.2, 0) is 13.2 Å². The third-order valence-electron chi connectivity index (χ3n) is 2.89. The van der Waals surface area contributed by atoms with Crippen molar-refractivity contribution in [1.82, 2.24) is 5.32 Å². The van der Waals surface area contributed by atoms with E-state index in [1.165, 1.54) is 6.07 Å². The molecule has 0 fully saturated rings. The van der Waals surface area contributed by atoms with E-state index in [-0.39, 0.29) is 18.0 Å². The summed E-state index contributed by atoms with van der Waals surface area (Å²) in [7, 11) is 1.81. The van der Waals surface area contributed by atoms with Crippen LogP contribution in [0.2, 0.25) is 5.02 Å². The van der Waals surface area contributed by atoms with Crippen LogP contribution in [0.3, 0.4) is 0 Å². The molecule has 2 aromatic carbocycles. The van der Waals surface area contributed by atoms with Crippen molar-refractivity contribution in [2.45, 2.75) is 13.2 Å². The van der Waals surface area contributed by atoms with Gasteiger partial charge in [0.2, 0.25) is 0 Å². The Kier molecular flexibility index (Phi) is 5.14. The summed E-state index contributed by atoms with van der Waals surface area (Å²) in [5.41, 5.74) is 1.73. The lowest BCUT2D eigenvalue weighted by atomic mass is 10.2. The van der Waals surface area contributed by atoms with Crippen LogP contribution in [0.1, 0.15) is 11.1 Å². The number of nitro groups is 1. The Morgan fingerprint density at radius 1 is 1.24 bits per heavy atom. The Hall–Kier alpha value is -2.11. The van der Waals surface area contributed by atoms with E-state index in [1.54, 1.807) is 24.3 Å². The number of benzene rings is 2. The van der Waals surface area contributed by atoms with Gasteiger partial charge in [-0.05, 0) is 36.4 Å². The lowest BCUT2D eigenvalue weighted by molar-refractivity contribution is -0.386. The van der Waals surface area contributed by atoms with Crippen molar-refractivity contribution in [3.63, 3.8) is 0 Å². The first-order valence-electron chi connectivity index (χ1n) is 6.39. The highest BCUT2D eigenvalue weighted by Gasteiger charge is 2.15. The summed E-state index contributed by atoms with van der Waals surface area (Å²) in [4.78, 5) is 10.6. The van der Waals surface area contributed by atoms with Crippen LogP contribution >= 0.6 is 11.6 Å². The smallest absolute Gasteiger partial charge is 0.310 e. The molecule has 0 saturated carbocycles. The molecule has 6 heteroatoms. The van der Waals surface area contributed by atoms with E-state index in [0.29, 0.717) is 11.6 Å². The maximum atomic E-state index is 11.0. The Balaban J connectivity index is 2.20. The maximum Gasteiger partial charge on any atom is 0.310 e. The fraction of sp³-hybridized carbons (Fsp3) is 0.200. The molecule has 0 unspecified atom stereocenters. The van der Waals surface area contributed by atoms with E-state index in [9.17, 15) is 10.1 Å². The average Bonchev–Trinajstić information content (AvgIpc) is 2.45. The fourth-order valence-corrected chi connectivity index (χ4v) is 2.14. The molecule has 2 rings (SSSR count). The molecule has 0 radical (unpaired) electrons. The zero-order valence-electron chi connectivity index (χ0n) is 11.5. The second-order valence-electron chi connectivity index (χ2n) is 4.51. The summed E-state index contributed by atoms with van der Waals surface area (Å²) in [5, 5.41) is 14.6. The van der Waals surface area contributed by atoms with Crippen LogP contribution in [0, 0.1) is 10.1 Å². The van der Waals surface area contributed by atoms with Gasteiger partial charge in [-0.25, -0.2) is 0 Å². The van der Waals surface area contributed by atoms with Crippen LogP contribution in [0.4, 0.5) is 5.69 Å². The van der Waals surface area contributed by atoms with Crippen LogP contribution in [0.5, 0.6) is 5.75 Å². The van der Waals surface area contributed by atoms with Crippen LogP contribution in [0.15, 0.2) is 42.5 Å². The number of hydrogen-bond donors (Lipinski definition) is 1. The number of ether oxygens (including phenoxy) is 1. The summed E-state index contributed by atoms with van der Waals surface area (Å²) < 4.78 is 5.60. The second-order valence-corrected chi connectivity index (χ2v) is 4.94. The van der Waals surface area contributed by atoms with Gasteiger partial charge in [0.1, 0.15) is 6.61 Å². The van der Waals surface area contributed by atoms with Crippen molar-refractivity contribution in [2.24, 2.45) is 0 Å². The van der Waals surface area contributed by atoms with E-state index in [0.717, 1.165) is 11.1 Å². The molecule has 0 aliphatic rings. The maximum absolute atomic E-state index is 11.0. The monoisotopic (exact) mass is 306 g/mol. The van der Waals surface area contributed by atoms with Crippen molar-refractivity contribution in [1.29, 1.82) is 0 Å². The van der Waals surface area contributed by atoms with Gasteiger partial charge >= 0.3 is 5.69 Å². The second kappa shape index (κ2) is 7.06. The molecule has 0 aromatic heterocycles. The van der Waals surface area contributed by atoms with E-state index in [2.05, 4.69) is 5.32 Å². The molecule has 0 heterocycles. The van der Waals surface area contributed by atoms with Gasteiger partial charge in [0.05, 0.1) is 4.92 Å². The minimum Gasteiger partial charge on any atom is -0.482 e. The van der Waals surface area contributed by atoms with Gasteiger partial charge in [-0.1, -0.05) is 29.8 Å². The van der Waals surface area contributed by atoms with Crippen molar-refractivity contribution in [2.75, 3.05) is 7.05 Å². The van der Waals surface area contributed by atoms with Gasteiger partial charge in [0, 0.05) is 17.6 Å². The number of halogens is 1. The van der Waals surface area contributed by atoms with Gasteiger partial charge in [0.15, 0.2) is 5.75 Å². The predicted molar refractivity (Wildman–Crippen MR) is 81.6 cm³/mol. The first-order valence-corrected chi connectivity index (χ1v) is 6.77. The van der Waals surface area contributed by atoms with Gasteiger partial charge in [-0.2, -0.15) is 0 Å². The molecule has 1 N–H and O–H groups in total. The summed E-state index contributed by atoms with van der Waals surface area (Å²) in [5.74, 6) is 0.257. The van der Waals surface area contributed by atoms with Crippen molar-refractivity contribution >= 4 is 17.3 Å². The molecular weight excluding hydrogens is 292 g/mol. The van der Waals surface area contributed by atoms with Gasteiger partial charge in [0.25, 0.3) is 0 Å². The standard InChI is InChI=1S/C15H15ClN2O3/c1-17-9-11-5-6-14(18(19)20)15(8-11)21-10-12-3-2-4-13(16)7-12/h2-8,17H,9-10H2,1H3. The topological polar surface area (TPSA) is 64.4 Å². The summed E-state index contributed by atoms with van der Waals surface area (Å²) in [6.45, 7) is 0.843. The lowest BCUT2D eigenvalue weighted by Crippen LogP contribution is -2.06.